The number of aryl methyl sites for hydroxylation is 1. The Morgan fingerprint density at radius 3 is 2.95 bits per heavy atom. The first-order chi connectivity index (χ1) is 9.24. The van der Waals surface area contributed by atoms with Crippen molar-refractivity contribution in [2.45, 2.75) is 13.5 Å². The lowest BCUT2D eigenvalue weighted by molar-refractivity contribution is 0.760. The minimum absolute atomic E-state index is 0.565. The van der Waals surface area contributed by atoms with Crippen LogP contribution in [0.25, 0.3) is 10.7 Å². The van der Waals surface area contributed by atoms with E-state index >= 15 is 0 Å². The lowest BCUT2D eigenvalue weighted by atomic mass is 10.4. The van der Waals surface area contributed by atoms with Crippen LogP contribution in [-0.2, 0) is 6.54 Å². The van der Waals surface area contributed by atoms with Gasteiger partial charge in [0, 0.05) is 6.20 Å². The van der Waals surface area contributed by atoms with Gasteiger partial charge in [-0.2, -0.15) is 5.10 Å². The number of thiophene rings is 1. The van der Waals surface area contributed by atoms with Gasteiger partial charge in [-0.1, -0.05) is 6.07 Å². The number of rotatable bonds is 3. The maximum absolute atomic E-state index is 5.27. The second kappa shape index (κ2) is 5.02. The van der Waals surface area contributed by atoms with Gasteiger partial charge in [-0.3, -0.25) is 19.6 Å². The molecule has 0 aliphatic heterocycles. The van der Waals surface area contributed by atoms with E-state index < -0.39 is 0 Å². The quantitative estimate of drug-likeness (QED) is 0.753. The number of hydrogen-bond donors (Lipinski definition) is 1. The Bertz CT molecular complexity index is 724. The third kappa shape index (κ3) is 2.47. The molecule has 5 nitrogen and oxygen atoms in total. The summed E-state index contributed by atoms with van der Waals surface area (Å²) in [5, 5.41) is 9.13. The first-order valence-electron chi connectivity index (χ1n) is 5.70. The Kier molecular flexibility index (Phi) is 3.22. The van der Waals surface area contributed by atoms with Crippen LogP contribution in [0, 0.1) is 11.7 Å². The van der Waals surface area contributed by atoms with Gasteiger partial charge >= 0.3 is 0 Å². The van der Waals surface area contributed by atoms with Crippen LogP contribution in [0.4, 0.5) is 0 Å². The van der Waals surface area contributed by atoms with Crippen LogP contribution in [-0.4, -0.2) is 24.7 Å². The number of nitrogens with zero attached hydrogens (tertiary/aromatic N) is 4. The summed E-state index contributed by atoms with van der Waals surface area (Å²) < 4.78 is 2.52. The molecule has 3 aromatic heterocycles. The summed E-state index contributed by atoms with van der Waals surface area (Å²) in [6.45, 7) is 2.48. The van der Waals surface area contributed by atoms with Crippen LogP contribution >= 0.6 is 23.6 Å². The molecule has 0 saturated heterocycles. The van der Waals surface area contributed by atoms with E-state index in [0.717, 1.165) is 22.1 Å². The molecule has 0 amide bonds. The Morgan fingerprint density at radius 2 is 2.26 bits per heavy atom. The summed E-state index contributed by atoms with van der Waals surface area (Å²) in [6, 6.07) is 4.01. The number of nitrogens with one attached hydrogen (secondary N) is 1. The summed E-state index contributed by atoms with van der Waals surface area (Å²) in [5.41, 5.74) is 1.76. The lowest BCUT2D eigenvalue weighted by Crippen LogP contribution is -2.04. The average Bonchev–Trinajstić information content (AvgIpc) is 3.03. The van der Waals surface area contributed by atoms with E-state index in [-0.39, 0.29) is 0 Å². The Balaban J connectivity index is 1.99. The van der Waals surface area contributed by atoms with Crippen molar-refractivity contribution in [2.24, 2.45) is 0 Å². The molecule has 3 aromatic rings. The molecule has 0 aliphatic rings. The highest BCUT2D eigenvalue weighted by Gasteiger charge is 2.10. The zero-order chi connectivity index (χ0) is 13.2. The first-order valence-corrected chi connectivity index (χ1v) is 6.99. The molecule has 0 aromatic carbocycles. The topological polar surface area (TPSA) is 59.4 Å². The Morgan fingerprint density at radius 1 is 1.37 bits per heavy atom. The maximum atomic E-state index is 5.27. The SMILES string of the molecule is Cc1cnc(Cn2c(-c3cccs3)n[nH]c2=S)cn1. The zero-order valence-electron chi connectivity index (χ0n) is 10.2. The van der Waals surface area contributed by atoms with Crippen molar-refractivity contribution < 1.29 is 0 Å². The van der Waals surface area contributed by atoms with Gasteiger partial charge in [0.15, 0.2) is 10.6 Å². The Labute approximate surface area is 119 Å². The van der Waals surface area contributed by atoms with E-state index in [1.54, 1.807) is 23.7 Å². The van der Waals surface area contributed by atoms with Crippen LogP contribution in [0.2, 0.25) is 0 Å². The summed E-state index contributed by atoms with van der Waals surface area (Å²) >= 11 is 6.90. The predicted molar refractivity (Wildman–Crippen MR) is 76.6 cm³/mol. The lowest BCUT2D eigenvalue weighted by Gasteiger charge is -2.04. The highest BCUT2D eigenvalue weighted by Crippen LogP contribution is 2.23. The van der Waals surface area contributed by atoms with E-state index in [1.165, 1.54) is 0 Å². The van der Waals surface area contributed by atoms with Gasteiger partial charge in [0.25, 0.3) is 0 Å². The fourth-order valence-electron chi connectivity index (χ4n) is 1.72. The van der Waals surface area contributed by atoms with Crippen molar-refractivity contribution in [1.82, 2.24) is 24.7 Å². The van der Waals surface area contributed by atoms with Crippen molar-refractivity contribution in [3.8, 4) is 10.7 Å². The fraction of sp³-hybridized carbons (Fsp3) is 0.167. The molecule has 0 spiro atoms. The molecule has 0 saturated carbocycles. The molecule has 0 aliphatic carbocycles. The molecular formula is C12H11N5S2. The van der Waals surface area contributed by atoms with Gasteiger partial charge in [0.05, 0.1) is 29.0 Å². The van der Waals surface area contributed by atoms with Crippen LogP contribution in [0.5, 0.6) is 0 Å². The van der Waals surface area contributed by atoms with Crippen LogP contribution in [0.1, 0.15) is 11.4 Å². The third-order valence-corrected chi connectivity index (χ3v) is 3.83. The van der Waals surface area contributed by atoms with Crippen molar-refractivity contribution in [3.05, 3.63) is 46.1 Å². The summed E-state index contributed by atoms with van der Waals surface area (Å²) in [5.74, 6) is 0.836. The van der Waals surface area contributed by atoms with E-state index in [4.69, 9.17) is 12.2 Å². The number of aromatic nitrogens is 5. The predicted octanol–water partition coefficient (Wildman–Crippen LogP) is 2.82. The van der Waals surface area contributed by atoms with Crippen molar-refractivity contribution in [3.63, 3.8) is 0 Å². The van der Waals surface area contributed by atoms with Crippen molar-refractivity contribution >= 4 is 23.6 Å². The minimum atomic E-state index is 0.565. The molecule has 96 valence electrons. The summed E-state index contributed by atoms with van der Waals surface area (Å²) in [4.78, 5) is 9.67. The monoisotopic (exact) mass is 289 g/mol. The van der Waals surface area contributed by atoms with Gasteiger partial charge in [0.1, 0.15) is 0 Å². The molecule has 0 fully saturated rings. The van der Waals surface area contributed by atoms with Gasteiger partial charge in [-0.05, 0) is 30.6 Å². The molecule has 0 atom stereocenters. The molecule has 19 heavy (non-hydrogen) atoms. The molecule has 3 heterocycles. The average molecular weight is 289 g/mol. The van der Waals surface area contributed by atoms with Crippen LogP contribution < -0.4 is 0 Å². The highest BCUT2D eigenvalue weighted by atomic mass is 32.1. The zero-order valence-corrected chi connectivity index (χ0v) is 11.8. The number of hydrogen-bond acceptors (Lipinski definition) is 5. The fourth-order valence-corrected chi connectivity index (χ4v) is 2.64. The van der Waals surface area contributed by atoms with Gasteiger partial charge in [0.2, 0.25) is 0 Å². The van der Waals surface area contributed by atoms with E-state index in [2.05, 4.69) is 20.2 Å². The molecule has 7 heteroatoms. The maximum Gasteiger partial charge on any atom is 0.195 e. The number of aromatic amines is 1. The van der Waals surface area contributed by atoms with E-state index in [0.29, 0.717) is 11.3 Å². The third-order valence-electron chi connectivity index (χ3n) is 2.65. The Hall–Kier alpha value is -1.86. The van der Waals surface area contributed by atoms with Gasteiger partial charge in [-0.15, -0.1) is 11.3 Å². The standard InChI is InChI=1S/C12H11N5S2/c1-8-5-14-9(6-13-8)7-17-11(15-16-12(17)18)10-3-2-4-19-10/h2-6H,7H2,1H3,(H,16,18). The second-order valence-corrected chi connectivity index (χ2v) is 5.40. The largest absolute Gasteiger partial charge is 0.293 e. The molecule has 1 N–H and O–H groups in total. The van der Waals surface area contributed by atoms with Crippen LogP contribution in [0.3, 0.4) is 0 Å². The van der Waals surface area contributed by atoms with Gasteiger partial charge < -0.3 is 0 Å². The molecule has 3 rings (SSSR count). The normalized spacial score (nSPS) is 10.8. The first kappa shape index (κ1) is 12.2. The smallest absolute Gasteiger partial charge is 0.195 e. The van der Waals surface area contributed by atoms with E-state index in [1.807, 2.05) is 29.0 Å². The molecule has 0 bridgehead atoms. The van der Waals surface area contributed by atoms with Crippen molar-refractivity contribution in [2.75, 3.05) is 0 Å². The summed E-state index contributed by atoms with van der Waals surface area (Å²) in [7, 11) is 0. The summed E-state index contributed by atoms with van der Waals surface area (Å²) in [6.07, 6.45) is 3.52. The van der Waals surface area contributed by atoms with Gasteiger partial charge in [-0.25, -0.2) is 0 Å². The molecular weight excluding hydrogens is 278 g/mol. The van der Waals surface area contributed by atoms with Crippen molar-refractivity contribution in [1.29, 1.82) is 0 Å². The van der Waals surface area contributed by atoms with E-state index in [9.17, 15) is 0 Å². The highest BCUT2D eigenvalue weighted by molar-refractivity contribution is 7.71. The second-order valence-electron chi connectivity index (χ2n) is 4.06. The number of H-pyrrole nitrogens is 1. The molecule has 0 radical (unpaired) electrons. The molecule has 0 unspecified atom stereocenters. The minimum Gasteiger partial charge on any atom is -0.293 e. The van der Waals surface area contributed by atoms with Crippen LogP contribution in [0.15, 0.2) is 29.9 Å².